The normalized spacial score (nSPS) is 16.1. The number of methoxy groups -OCH3 is 3. The second-order valence-corrected chi connectivity index (χ2v) is 11.6. The Hall–Kier alpha value is -4.23. The molecule has 4 rings (SSSR count). The van der Waals surface area contributed by atoms with Gasteiger partial charge in [-0.3, -0.25) is 19.9 Å². The molecule has 1 amide bonds. The smallest absolute Gasteiger partial charge is 0.289 e. The van der Waals surface area contributed by atoms with Crippen LogP contribution < -0.4 is 14.2 Å². The van der Waals surface area contributed by atoms with E-state index in [-0.39, 0.29) is 31.5 Å². The standard InChI is InChI=1S/C28H32N4O8S/c1-18(2)26-28(33)30(12-13-31(26)41(36,37)25-9-7-6-8-22(25)32(34)35)17-19-10-11-29-21(14-19)20-15-23(38-3)27(40-5)24(16-20)39-4/h6-11,14-16,18,26H,12-13,17H2,1-5H3/t26-/m1/s1. The minimum atomic E-state index is -4.32. The summed E-state index contributed by atoms with van der Waals surface area (Å²) in [4.78, 5) is 30.2. The van der Waals surface area contributed by atoms with Gasteiger partial charge in [0.05, 0.1) is 31.9 Å². The average Bonchev–Trinajstić information content (AvgIpc) is 2.97. The number of sulfonamides is 1. The van der Waals surface area contributed by atoms with Crippen molar-refractivity contribution in [1.29, 1.82) is 0 Å². The third kappa shape index (κ3) is 5.81. The molecule has 3 aromatic rings. The van der Waals surface area contributed by atoms with E-state index < -0.39 is 31.6 Å². The maximum absolute atomic E-state index is 13.7. The fourth-order valence-electron chi connectivity index (χ4n) is 4.96. The second-order valence-electron chi connectivity index (χ2n) is 9.75. The Morgan fingerprint density at radius 2 is 1.68 bits per heavy atom. The Morgan fingerprint density at radius 3 is 2.27 bits per heavy atom. The summed E-state index contributed by atoms with van der Waals surface area (Å²) in [5, 5.41) is 11.5. The van der Waals surface area contributed by atoms with Gasteiger partial charge in [0.1, 0.15) is 6.04 Å². The van der Waals surface area contributed by atoms with Crippen LogP contribution in [0.25, 0.3) is 11.3 Å². The van der Waals surface area contributed by atoms with Gasteiger partial charge in [0.25, 0.3) is 15.7 Å². The number of benzene rings is 2. The lowest BCUT2D eigenvalue weighted by atomic mass is 10.0. The molecule has 1 aromatic heterocycles. The third-order valence-corrected chi connectivity index (χ3v) is 8.83. The zero-order chi connectivity index (χ0) is 29.9. The van der Waals surface area contributed by atoms with Gasteiger partial charge in [-0.15, -0.1) is 0 Å². The van der Waals surface area contributed by atoms with Crippen LogP contribution in [0.3, 0.4) is 0 Å². The van der Waals surface area contributed by atoms with E-state index in [2.05, 4.69) is 4.98 Å². The molecular weight excluding hydrogens is 552 g/mol. The van der Waals surface area contributed by atoms with Crippen molar-refractivity contribution < 1.29 is 32.3 Å². The molecule has 2 aromatic carbocycles. The van der Waals surface area contributed by atoms with Crippen LogP contribution in [0.2, 0.25) is 0 Å². The fraction of sp³-hybridized carbons (Fsp3) is 0.357. The topological polar surface area (TPSA) is 141 Å². The first-order valence-electron chi connectivity index (χ1n) is 12.8. The SMILES string of the molecule is COc1cc(-c2cc(CN3CCN(S(=O)(=O)c4ccccc4[N+](=O)[O-])[C@H](C(C)C)C3=O)ccn2)cc(OC)c1OC. The number of pyridine rings is 1. The highest BCUT2D eigenvalue weighted by Gasteiger charge is 2.45. The lowest BCUT2D eigenvalue weighted by molar-refractivity contribution is -0.387. The molecule has 0 unspecified atom stereocenters. The molecule has 0 N–H and O–H groups in total. The summed E-state index contributed by atoms with van der Waals surface area (Å²) in [6.45, 7) is 3.84. The molecule has 0 aliphatic carbocycles. The summed E-state index contributed by atoms with van der Waals surface area (Å²) in [5.74, 6) is 0.642. The fourth-order valence-corrected chi connectivity index (χ4v) is 6.82. The zero-order valence-corrected chi connectivity index (χ0v) is 24.3. The van der Waals surface area contributed by atoms with Crippen LogP contribution in [-0.2, 0) is 21.4 Å². The van der Waals surface area contributed by atoms with E-state index >= 15 is 0 Å². The summed E-state index contributed by atoms with van der Waals surface area (Å²) < 4.78 is 44.6. The number of carbonyl (C=O) groups excluding carboxylic acids is 1. The van der Waals surface area contributed by atoms with Crippen molar-refractivity contribution in [2.24, 2.45) is 5.92 Å². The molecule has 13 heteroatoms. The number of rotatable bonds is 10. The van der Waals surface area contributed by atoms with Crippen LogP contribution in [-0.4, -0.2) is 73.9 Å². The summed E-state index contributed by atoms with van der Waals surface area (Å²) in [6, 6.07) is 11.3. The average molecular weight is 585 g/mol. The van der Waals surface area contributed by atoms with Gasteiger partial charge in [0, 0.05) is 37.5 Å². The molecule has 0 radical (unpaired) electrons. The van der Waals surface area contributed by atoms with Gasteiger partial charge in [-0.2, -0.15) is 4.31 Å². The number of nitro benzene ring substituents is 1. The number of para-hydroxylation sites is 1. The summed E-state index contributed by atoms with van der Waals surface area (Å²) in [7, 11) is 0.248. The molecule has 2 heterocycles. The molecule has 12 nitrogen and oxygen atoms in total. The predicted octanol–water partition coefficient (Wildman–Crippen LogP) is 3.74. The van der Waals surface area contributed by atoms with Crippen molar-refractivity contribution in [3.63, 3.8) is 0 Å². The highest BCUT2D eigenvalue weighted by Crippen LogP contribution is 2.41. The number of aromatic nitrogens is 1. The zero-order valence-electron chi connectivity index (χ0n) is 23.4. The van der Waals surface area contributed by atoms with E-state index in [9.17, 15) is 23.3 Å². The van der Waals surface area contributed by atoms with Gasteiger partial charge in [0.2, 0.25) is 11.7 Å². The molecular formula is C28H32N4O8S. The maximum atomic E-state index is 13.7. The highest BCUT2D eigenvalue weighted by atomic mass is 32.2. The molecule has 0 spiro atoms. The van der Waals surface area contributed by atoms with Gasteiger partial charge in [-0.1, -0.05) is 26.0 Å². The molecule has 1 fully saturated rings. The number of ether oxygens (including phenoxy) is 3. The van der Waals surface area contributed by atoms with Crippen LogP contribution in [0.5, 0.6) is 17.2 Å². The lowest BCUT2D eigenvalue weighted by Crippen LogP contribution is -2.60. The first-order valence-corrected chi connectivity index (χ1v) is 14.3. The molecule has 1 saturated heterocycles. The highest BCUT2D eigenvalue weighted by molar-refractivity contribution is 7.89. The number of hydrogen-bond acceptors (Lipinski definition) is 9. The molecule has 1 atom stereocenters. The number of amides is 1. The van der Waals surface area contributed by atoms with Crippen LogP contribution in [0.15, 0.2) is 59.6 Å². The maximum Gasteiger partial charge on any atom is 0.289 e. The third-order valence-electron chi connectivity index (χ3n) is 6.90. The van der Waals surface area contributed by atoms with Crippen molar-refractivity contribution in [1.82, 2.24) is 14.2 Å². The monoisotopic (exact) mass is 584 g/mol. The lowest BCUT2D eigenvalue weighted by Gasteiger charge is -2.41. The summed E-state index contributed by atoms with van der Waals surface area (Å²) in [5.41, 5.74) is 1.59. The number of nitrogens with zero attached hydrogens (tertiary/aromatic N) is 4. The van der Waals surface area contributed by atoms with E-state index in [0.717, 1.165) is 15.9 Å². The van der Waals surface area contributed by atoms with Crippen molar-refractivity contribution in [3.05, 3.63) is 70.4 Å². The number of nitro groups is 1. The number of carbonyl (C=O) groups is 1. The van der Waals surface area contributed by atoms with Gasteiger partial charge < -0.3 is 19.1 Å². The number of hydrogen-bond donors (Lipinski definition) is 0. The Morgan fingerprint density at radius 1 is 1.02 bits per heavy atom. The summed E-state index contributed by atoms with van der Waals surface area (Å²) >= 11 is 0. The largest absolute Gasteiger partial charge is 0.493 e. The van der Waals surface area contributed by atoms with Crippen molar-refractivity contribution >= 4 is 21.6 Å². The number of piperazine rings is 1. The molecule has 41 heavy (non-hydrogen) atoms. The van der Waals surface area contributed by atoms with E-state index in [1.54, 1.807) is 43.1 Å². The quantitative estimate of drug-likeness (QED) is 0.257. The first-order chi connectivity index (χ1) is 19.5. The van der Waals surface area contributed by atoms with Crippen LogP contribution >= 0.6 is 0 Å². The van der Waals surface area contributed by atoms with Crippen molar-refractivity contribution in [3.8, 4) is 28.5 Å². The molecule has 0 saturated carbocycles. The molecule has 1 aliphatic rings. The minimum absolute atomic E-state index is 0.00616. The van der Waals surface area contributed by atoms with Crippen LogP contribution in [0, 0.1) is 16.0 Å². The van der Waals surface area contributed by atoms with Gasteiger partial charge in [0.15, 0.2) is 16.4 Å². The van der Waals surface area contributed by atoms with E-state index in [4.69, 9.17) is 14.2 Å². The predicted molar refractivity (Wildman–Crippen MR) is 150 cm³/mol. The van der Waals surface area contributed by atoms with Crippen LogP contribution in [0.4, 0.5) is 5.69 Å². The van der Waals surface area contributed by atoms with Gasteiger partial charge in [-0.05, 0) is 41.8 Å². The van der Waals surface area contributed by atoms with E-state index in [0.29, 0.717) is 28.5 Å². The van der Waals surface area contributed by atoms with Crippen LogP contribution in [0.1, 0.15) is 19.4 Å². The summed E-state index contributed by atoms with van der Waals surface area (Å²) in [6.07, 6.45) is 1.63. The van der Waals surface area contributed by atoms with Gasteiger partial charge >= 0.3 is 0 Å². The second kappa shape index (κ2) is 12.1. The molecule has 0 bridgehead atoms. The Labute approximate surface area is 238 Å². The van der Waals surface area contributed by atoms with Crippen molar-refractivity contribution in [2.75, 3.05) is 34.4 Å². The van der Waals surface area contributed by atoms with E-state index in [1.807, 2.05) is 6.07 Å². The first kappa shape index (κ1) is 29.7. The Balaban J connectivity index is 1.62. The minimum Gasteiger partial charge on any atom is -0.493 e. The Bertz CT molecular complexity index is 1540. The van der Waals surface area contributed by atoms with E-state index in [1.165, 1.54) is 39.5 Å². The molecule has 1 aliphatic heterocycles. The van der Waals surface area contributed by atoms with Crippen molar-refractivity contribution in [2.45, 2.75) is 31.3 Å². The van der Waals surface area contributed by atoms with Gasteiger partial charge in [-0.25, -0.2) is 8.42 Å². The molecule has 218 valence electrons. The Kier molecular flexibility index (Phi) is 8.78.